The maximum atomic E-state index is 12.8. The van der Waals surface area contributed by atoms with Crippen molar-refractivity contribution in [1.29, 1.82) is 0 Å². The standard InChI is InChI=1S/C60H102O6/c1-4-7-10-13-16-19-22-24-25-26-27-28-29-30-31-32-33-34-35-36-39-41-44-47-50-53-59(62)65-56-57(55-64-58(61)52-49-46-43-40-37-21-18-15-12-9-6-3)66-60(63)54-51-48-45-42-38-23-20-17-14-11-8-5-2/h7,10,16-17,19-20,24-25,27-28,30-31,33-34,57H,4-6,8-9,11-15,18,21-23,26,29,32,35-56H2,1-3H3/b10-7-,19-16-,20-17-,25-24-,28-27-,31-30-,34-33-. The van der Waals surface area contributed by atoms with Crippen LogP contribution in [0.2, 0.25) is 0 Å². The minimum atomic E-state index is -0.784. The molecule has 0 amide bonds. The van der Waals surface area contributed by atoms with Gasteiger partial charge in [0.05, 0.1) is 0 Å². The largest absolute Gasteiger partial charge is 0.462 e. The third-order valence-corrected chi connectivity index (χ3v) is 11.6. The Labute approximate surface area is 407 Å². The fraction of sp³-hybridized carbons (Fsp3) is 0.717. The monoisotopic (exact) mass is 919 g/mol. The first-order chi connectivity index (χ1) is 32.5. The molecule has 0 radical (unpaired) electrons. The van der Waals surface area contributed by atoms with Crippen molar-refractivity contribution >= 4 is 17.9 Å². The molecule has 0 bridgehead atoms. The molecule has 0 aromatic carbocycles. The molecule has 0 aliphatic carbocycles. The van der Waals surface area contributed by atoms with Crippen LogP contribution in [0.5, 0.6) is 0 Å². The van der Waals surface area contributed by atoms with Gasteiger partial charge in [-0.25, -0.2) is 0 Å². The summed E-state index contributed by atoms with van der Waals surface area (Å²) >= 11 is 0. The molecule has 0 spiro atoms. The van der Waals surface area contributed by atoms with E-state index in [9.17, 15) is 14.4 Å². The fourth-order valence-corrected chi connectivity index (χ4v) is 7.50. The van der Waals surface area contributed by atoms with Crippen LogP contribution in [0, 0.1) is 0 Å². The number of hydrogen-bond donors (Lipinski definition) is 0. The molecule has 1 atom stereocenters. The van der Waals surface area contributed by atoms with Gasteiger partial charge in [-0.1, -0.05) is 228 Å². The van der Waals surface area contributed by atoms with Crippen LogP contribution < -0.4 is 0 Å². The van der Waals surface area contributed by atoms with Gasteiger partial charge in [-0.2, -0.15) is 0 Å². The van der Waals surface area contributed by atoms with Gasteiger partial charge in [-0.05, 0) is 96.3 Å². The molecule has 0 rings (SSSR count). The summed E-state index contributed by atoms with van der Waals surface area (Å²) < 4.78 is 16.8. The van der Waals surface area contributed by atoms with Crippen molar-refractivity contribution < 1.29 is 28.6 Å². The molecule has 6 heteroatoms. The fourth-order valence-electron chi connectivity index (χ4n) is 7.50. The molecule has 0 aromatic rings. The Bertz CT molecular complexity index is 1290. The molecular weight excluding hydrogens is 817 g/mol. The molecule has 0 aliphatic heterocycles. The van der Waals surface area contributed by atoms with Gasteiger partial charge in [0.15, 0.2) is 6.10 Å². The summed E-state index contributed by atoms with van der Waals surface area (Å²) in [5.74, 6) is -0.906. The van der Waals surface area contributed by atoms with Gasteiger partial charge in [0.1, 0.15) is 13.2 Å². The predicted molar refractivity (Wildman–Crippen MR) is 284 cm³/mol. The third kappa shape index (κ3) is 51.6. The van der Waals surface area contributed by atoms with Crippen LogP contribution in [0.3, 0.4) is 0 Å². The van der Waals surface area contributed by atoms with Gasteiger partial charge in [0.25, 0.3) is 0 Å². The van der Waals surface area contributed by atoms with Gasteiger partial charge >= 0.3 is 17.9 Å². The number of carbonyl (C=O) groups excluding carboxylic acids is 3. The topological polar surface area (TPSA) is 78.9 Å². The van der Waals surface area contributed by atoms with Crippen molar-refractivity contribution in [3.63, 3.8) is 0 Å². The maximum Gasteiger partial charge on any atom is 0.306 e. The van der Waals surface area contributed by atoms with Crippen molar-refractivity contribution in [3.8, 4) is 0 Å². The minimum absolute atomic E-state index is 0.0829. The van der Waals surface area contributed by atoms with E-state index in [2.05, 4.69) is 106 Å². The molecule has 6 nitrogen and oxygen atoms in total. The van der Waals surface area contributed by atoms with Crippen LogP contribution in [-0.2, 0) is 28.6 Å². The van der Waals surface area contributed by atoms with E-state index in [0.29, 0.717) is 19.3 Å². The van der Waals surface area contributed by atoms with Gasteiger partial charge in [-0.15, -0.1) is 0 Å². The van der Waals surface area contributed by atoms with E-state index in [-0.39, 0.29) is 31.1 Å². The Morgan fingerprint density at radius 1 is 0.318 bits per heavy atom. The highest BCUT2D eigenvalue weighted by Crippen LogP contribution is 2.15. The summed E-state index contributed by atoms with van der Waals surface area (Å²) in [6, 6.07) is 0. The number of unbranched alkanes of at least 4 members (excludes halogenated alkanes) is 24. The lowest BCUT2D eigenvalue weighted by Crippen LogP contribution is -2.30. The normalized spacial score (nSPS) is 12.7. The molecular formula is C60H102O6. The number of allylic oxidation sites excluding steroid dienone is 14. The summed E-state index contributed by atoms with van der Waals surface area (Å²) in [4.78, 5) is 38.0. The zero-order valence-electron chi connectivity index (χ0n) is 43.2. The first-order valence-electron chi connectivity index (χ1n) is 27.6. The number of esters is 3. The molecule has 0 heterocycles. The molecule has 0 fully saturated rings. The summed E-state index contributed by atoms with van der Waals surface area (Å²) in [7, 11) is 0. The minimum Gasteiger partial charge on any atom is -0.462 e. The van der Waals surface area contributed by atoms with E-state index in [1.165, 1.54) is 96.3 Å². The van der Waals surface area contributed by atoms with Gasteiger partial charge in [-0.3, -0.25) is 14.4 Å². The van der Waals surface area contributed by atoms with Crippen LogP contribution in [0.1, 0.15) is 258 Å². The van der Waals surface area contributed by atoms with E-state index >= 15 is 0 Å². The number of rotatable bonds is 49. The summed E-state index contributed by atoms with van der Waals surface area (Å²) in [5.41, 5.74) is 0. The lowest BCUT2D eigenvalue weighted by atomic mass is 10.1. The first-order valence-corrected chi connectivity index (χ1v) is 27.6. The molecule has 66 heavy (non-hydrogen) atoms. The predicted octanol–water partition coefficient (Wildman–Crippen LogP) is 18.4. The van der Waals surface area contributed by atoms with E-state index in [1.54, 1.807) is 0 Å². The highest BCUT2D eigenvalue weighted by molar-refractivity contribution is 5.71. The van der Waals surface area contributed by atoms with Crippen molar-refractivity contribution in [3.05, 3.63) is 85.1 Å². The van der Waals surface area contributed by atoms with Crippen LogP contribution in [0.15, 0.2) is 85.1 Å². The molecule has 0 N–H and O–H groups in total. The van der Waals surface area contributed by atoms with Gasteiger partial charge in [0.2, 0.25) is 0 Å². The summed E-state index contributed by atoms with van der Waals surface area (Å²) in [6.45, 7) is 6.48. The molecule has 1 unspecified atom stereocenters. The molecule has 0 aromatic heterocycles. The lowest BCUT2D eigenvalue weighted by molar-refractivity contribution is -0.167. The van der Waals surface area contributed by atoms with E-state index in [1.807, 2.05) is 0 Å². The Balaban J connectivity index is 4.31. The molecule has 378 valence electrons. The van der Waals surface area contributed by atoms with Crippen molar-refractivity contribution in [2.24, 2.45) is 0 Å². The first kappa shape index (κ1) is 62.6. The highest BCUT2D eigenvalue weighted by atomic mass is 16.6. The quantitative estimate of drug-likeness (QED) is 0.0262. The number of ether oxygens (including phenoxy) is 3. The lowest BCUT2D eigenvalue weighted by Gasteiger charge is -2.18. The Kier molecular flexibility index (Phi) is 51.4. The SMILES string of the molecule is CC/C=C\C/C=C\C/C=C\C/C=C\C/C=C\C/C=C\CCCCCCCCC(=O)OCC(COC(=O)CCCCCCCCCCCCC)OC(=O)CCCCCCC/C=C\CCCCC. The second kappa shape index (κ2) is 54.2. The van der Waals surface area contributed by atoms with Crippen molar-refractivity contribution in [1.82, 2.24) is 0 Å². The third-order valence-electron chi connectivity index (χ3n) is 11.6. The molecule has 0 saturated carbocycles. The number of carbonyl (C=O) groups is 3. The average Bonchev–Trinajstić information content (AvgIpc) is 3.31. The molecule has 0 aliphatic rings. The second-order valence-electron chi connectivity index (χ2n) is 18.1. The van der Waals surface area contributed by atoms with Crippen LogP contribution >= 0.6 is 0 Å². The molecule has 0 saturated heterocycles. The van der Waals surface area contributed by atoms with Crippen molar-refractivity contribution in [2.75, 3.05) is 13.2 Å². The Morgan fingerprint density at radius 3 is 0.970 bits per heavy atom. The second-order valence-corrected chi connectivity index (χ2v) is 18.1. The summed E-state index contributed by atoms with van der Waals surface area (Å²) in [5, 5.41) is 0. The Morgan fingerprint density at radius 2 is 0.591 bits per heavy atom. The van der Waals surface area contributed by atoms with E-state index < -0.39 is 6.10 Å². The smallest absolute Gasteiger partial charge is 0.306 e. The summed E-state index contributed by atoms with van der Waals surface area (Å²) in [6.07, 6.45) is 70.0. The maximum absolute atomic E-state index is 12.8. The van der Waals surface area contributed by atoms with Crippen LogP contribution in [0.4, 0.5) is 0 Å². The van der Waals surface area contributed by atoms with Crippen LogP contribution in [0.25, 0.3) is 0 Å². The Hall–Kier alpha value is -3.41. The van der Waals surface area contributed by atoms with Gasteiger partial charge < -0.3 is 14.2 Å². The zero-order valence-corrected chi connectivity index (χ0v) is 43.2. The van der Waals surface area contributed by atoms with Crippen LogP contribution in [-0.4, -0.2) is 37.2 Å². The van der Waals surface area contributed by atoms with Gasteiger partial charge in [0, 0.05) is 19.3 Å². The van der Waals surface area contributed by atoms with E-state index in [0.717, 1.165) is 122 Å². The van der Waals surface area contributed by atoms with E-state index in [4.69, 9.17) is 14.2 Å². The zero-order chi connectivity index (χ0) is 47.9. The highest BCUT2D eigenvalue weighted by Gasteiger charge is 2.19. The average molecular weight is 919 g/mol. The number of hydrogen-bond acceptors (Lipinski definition) is 6. The van der Waals surface area contributed by atoms with Crippen molar-refractivity contribution in [2.45, 2.75) is 264 Å².